The summed E-state index contributed by atoms with van der Waals surface area (Å²) < 4.78 is 5.20. The zero-order valence-corrected chi connectivity index (χ0v) is 14.9. The number of hydrogen-bond acceptors (Lipinski definition) is 4. The van der Waals surface area contributed by atoms with Crippen molar-refractivity contribution in [3.8, 4) is 6.07 Å². The van der Waals surface area contributed by atoms with E-state index in [1.165, 1.54) is 29.8 Å². The third-order valence-electron chi connectivity index (χ3n) is 4.00. The molecule has 5 heteroatoms. The molecule has 0 unspecified atom stereocenters. The Morgan fingerprint density at radius 1 is 1.08 bits per heavy atom. The van der Waals surface area contributed by atoms with Gasteiger partial charge in [0.05, 0.1) is 17.2 Å². The molecule has 0 aliphatic heterocycles. The molecule has 0 fully saturated rings. The van der Waals surface area contributed by atoms with Crippen LogP contribution in [0.5, 0.6) is 0 Å². The Hall–Kier alpha value is -3.13. The minimum atomic E-state index is -0.891. The van der Waals surface area contributed by atoms with Crippen LogP contribution < -0.4 is 5.32 Å². The number of carbonyl (C=O) groups is 2. The van der Waals surface area contributed by atoms with Crippen LogP contribution >= 0.6 is 0 Å². The monoisotopic (exact) mass is 350 g/mol. The van der Waals surface area contributed by atoms with Crippen LogP contribution in [0.1, 0.15) is 41.8 Å². The molecule has 0 aliphatic rings. The average molecular weight is 350 g/mol. The van der Waals surface area contributed by atoms with Gasteiger partial charge in [-0.25, -0.2) is 4.79 Å². The molecule has 0 saturated carbocycles. The van der Waals surface area contributed by atoms with Gasteiger partial charge in [0.25, 0.3) is 5.91 Å². The second-order valence-electron chi connectivity index (χ2n) is 6.17. The van der Waals surface area contributed by atoms with Crippen LogP contribution in [0.15, 0.2) is 54.6 Å². The van der Waals surface area contributed by atoms with Gasteiger partial charge in [-0.2, -0.15) is 5.26 Å². The highest BCUT2D eigenvalue weighted by Gasteiger charge is 2.20. The number of carbonyl (C=O) groups excluding carboxylic acids is 2. The summed E-state index contributed by atoms with van der Waals surface area (Å²) in [6.07, 6.45) is 0.769. The third kappa shape index (κ3) is 5.75. The maximum atomic E-state index is 12.2. The molecular weight excluding hydrogens is 328 g/mol. The van der Waals surface area contributed by atoms with E-state index in [4.69, 9.17) is 10.00 Å². The second kappa shape index (κ2) is 9.38. The van der Waals surface area contributed by atoms with Crippen molar-refractivity contribution in [2.24, 2.45) is 0 Å². The van der Waals surface area contributed by atoms with Crippen LogP contribution in [-0.2, 0) is 16.0 Å². The molecule has 0 heterocycles. The number of benzene rings is 2. The molecule has 2 aromatic rings. The van der Waals surface area contributed by atoms with Gasteiger partial charge in [0, 0.05) is 6.04 Å². The van der Waals surface area contributed by atoms with Gasteiger partial charge in [-0.1, -0.05) is 30.3 Å². The van der Waals surface area contributed by atoms with E-state index in [1.807, 2.05) is 31.2 Å². The van der Waals surface area contributed by atoms with E-state index in [1.54, 1.807) is 6.92 Å². The Labute approximate surface area is 153 Å². The second-order valence-corrected chi connectivity index (χ2v) is 6.17. The predicted octanol–water partition coefficient (Wildman–Crippen LogP) is 3.24. The van der Waals surface area contributed by atoms with Crippen LogP contribution in [0.2, 0.25) is 0 Å². The summed E-state index contributed by atoms with van der Waals surface area (Å²) in [4.78, 5) is 24.3. The van der Waals surface area contributed by atoms with Crippen molar-refractivity contribution >= 4 is 11.9 Å². The van der Waals surface area contributed by atoms with E-state index in [9.17, 15) is 9.59 Å². The summed E-state index contributed by atoms with van der Waals surface area (Å²) >= 11 is 0. The Morgan fingerprint density at radius 2 is 1.73 bits per heavy atom. The standard InChI is InChI=1S/C21H22N2O3/c1-15(8-9-17-6-4-3-5-7-17)23-20(24)16(2)26-21(25)19-12-10-18(14-22)11-13-19/h3-7,10-13,15-16H,8-9H2,1-2H3,(H,23,24)/t15-,16+/m1/s1. The molecule has 134 valence electrons. The van der Waals surface area contributed by atoms with Crippen molar-refractivity contribution in [3.05, 3.63) is 71.3 Å². The number of nitriles is 1. The Bertz CT molecular complexity index is 779. The Morgan fingerprint density at radius 3 is 2.35 bits per heavy atom. The van der Waals surface area contributed by atoms with Crippen LogP contribution in [-0.4, -0.2) is 24.0 Å². The predicted molar refractivity (Wildman–Crippen MR) is 98.4 cm³/mol. The number of esters is 1. The molecule has 2 atom stereocenters. The van der Waals surface area contributed by atoms with E-state index >= 15 is 0 Å². The highest BCUT2D eigenvalue weighted by Crippen LogP contribution is 2.08. The number of rotatable bonds is 7. The molecular formula is C21H22N2O3. The lowest BCUT2D eigenvalue weighted by molar-refractivity contribution is -0.129. The summed E-state index contributed by atoms with van der Waals surface area (Å²) in [5.74, 6) is -0.915. The van der Waals surface area contributed by atoms with Gasteiger partial charge in [-0.15, -0.1) is 0 Å². The van der Waals surface area contributed by atoms with Gasteiger partial charge >= 0.3 is 5.97 Å². The highest BCUT2D eigenvalue weighted by atomic mass is 16.5. The largest absolute Gasteiger partial charge is 0.449 e. The molecule has 0 saturated heterocycles. The summed E-state index contributed by atoms with van der Waals surface area (Å²) in [5.41, 5.74) is 1.98. The molecule has 0 radical (unpaired) electrons. The van der Waals surface area contributed by atoms with Gasteiger partial charge < -0.3 is 10.1 Å². The fraction of sp³-hybridized carbons (Fsp3) is 0.286. The fourth-order valence-electron chi connectivity index (χ4n) is 2.42. The van der Waals surface area contributed by atoms with Crippen molar-refractivity contribution < 1.29 is 14.3 Å². The first kappa shape index (κ1) is 19.2. The summed E-state index contributed by atoms with van der Waals surface area (Å²) in [6.45, 7) is 3.47. The van der Waals surface area contributed by atoms with Gasteiger partial charge in [0.2, 0.25) is 0 Å². The molecule has 2 aromatic carbocycles. The van der Waals surface area contributed by atoms with E-state index in [2.05, 4.69) is 17.4 Å². The number of aryl methyl sites for hydroxylation is 1. The number of amides is 1. The summed E-state index contributed by atoms with van der Waals surface area (Å²) in [6, 6.07) is 18.1. The van der Waals surface area contributed by atoms with Gasteiger partial charge in [0.1, 0.15) is 0 Å². The lowest BCUT2D eigenvalue weighted by Gasteiger charge is -2.18. The van der Waals surface area contributed by atoms with Crippen LogP contribution in [0.3, 0.4) is 0 Å². The molecule has 0 spiro atoms. The third-order valence-corrected chi connectivity index (χ3v) is 4.00. The zero-order chi connectivity index (χ0) is 18.9. The van der Waals surface area contributed by atoms with Crippen molar-refractivity contribution in [1.82, 2.24) is 5.32 Å². The lowest BCUT2D eigenvalue weighted by atomic mass is 10.1. The maximum absolute atomic E-state index is 12.2. The number of nitrogens with zero attached hydrogens (tertiary/aromatic N) is 1. The van der Waals surface area contributed by atoms with Crippen LogP contribution in [0.4, 0.5) is 0 Å². The SMILES string of the molecule is C[C@H](CCc1ccccc1)NC(=O)[C@H](C)OC(=O)c1ccc(C#N)cc1. The topological polar surface area (TPSA) is 79.2 Å². The van der Waals surface area contributed by atoms with Crippen molar-refractivity contribution in [2.45, 2.75) is 38.8 Å². The summed E-state index contributed by atoms with van der Waals surface area (Å²) in [7, 11) is 0. The number of nitrogens with one attached hydrogen (secondary N) is 1. The number of ether oxygens (including phenoxy) is 1. The highest BCUT2D eigenvalue weighted by molar-refractivity contribution is 5.92. The quantitative estimate of drug-likeness (QED) is 0.778. The summed E-state index contributed by atoms with van der Waals surface area (Å²) in [5, 5.41) is 11.6. The first-order valence-corrected chi connectivity index (χ1v) is 8.55. The Kier molecular flexibility index (Phi) is 6.92. The molecule has 1 N–H and O–H groups in total. The molecule has 5 nitrogen and oxygen atoms in total. The van der Waals surface area contributed by atoms with Crippen molar-refractivity contribution in [3.63, 3.8) is 0 Å². The molecule has 0 aromatic heterocycles. The fourth-order valence-corrected chi connectivity index (χ4v) is 2.42. The first-order chi connectivity index (χ1) is 12.5. The molecule has 0 aliphatic carbocycles. The zero-order valence-electron chi connectivity index (χ0n) is 14.9. The maximum Gasteiger partial charge on any atom is 0.338 e. The van der Waals surface area contributed by atoms with Crippen LogP contribution in [0, 0.1) is 11.3 Å². The first-order valence-electron chi connectivity index (χ1n) is 8.55. The van der Waals surface area contributed by atoms with E-state index in [0.29, 0.717) is 11.1 Å². The minimum Gasteiger partial charge on any atom is -0.449 e. The van der Waals surface area contributed by atoms with Gasteiger partial charge in [-0.3, -0.25) is 4.79 Å². The average Bonchev–Trinajstić information content (AvgIpc) is 2.67. The van der Waals surface area contributed by atoms with E-state index in [0.717, 1.165) is 12.8 Å². The van der Waals surface area contributed by atoms with Gasteiger partial charge in [0.15, 0.2) is 6.10 Å². The van der Waals surface area contributed by atoms with Gasteiger partial charge in [-0.05, 0) is 56.5 Å². The number of hydrogen-bond donors (Lipinski definition) is 1. The van der Waals surface area contributed by atoms with Crippen LogP contribution in [0.25, 0.3) is 0 Å². The normalized spacial score (nSPS) is 12.5. The lowest BCUT2D eigenvalue weighted by Crippen LogP contribution is -2.41. The van der Waals surface area contributed by atoms with Crippen molar-refractivity contribution in [1.29, 1.82) is 5.26 Å². The smallest absolute Gasteiger partial charge is 0.338 e. The molecule has 26 heavy (non-hydrogen) atoms. The Balaban J connectivity index is 1.80. The molecule has 2 rings (SSSR count). The van der Waals surface area contributed by atoms with E-state index in [-0.39, 0.29) is 11.9 Å². The minimum absolute atomic E-state index is 0.0289. The van der Waals surface area contributed by atoms with Crippen molar-refractivity contribution in [2.75, 3.05) is 0 Å². The molecule has 0 bridgehead atoms. The van der Waals surface area contributed by atoms with E-state index < -0.39 is 12.1 Å². The molecule has 1 amide bonds.